The maximum absolute atomic E-state index is 13.3. The molecule has 0 radical (unpaired) electrons. The second kappa shape index (κ2) is 7.86. The number of carbonyl (C=O) groups is 1. The number of pyridine rings is 1. The van der Waals surface area contributed by atoms with Crippen molar-refractivity contribution >= 4 is 17.6 Å². The first-order chi connectivity index (χ1) is 12.8. The zero-order valence-electron chi connectivity index (χ0n) is 14.3. The normalized spacial score (nSPS) is 19.6. The number of nitrogens with zero attached hydrogens (tertiary/aromatic N) is 2. The van der Waals surface area contributed by atoms with Gasteiger partial charge in [-0.3, -0.25) is 14.7 Å². The number of aromatic nitrogens is 1. The van der Waals surface area contributed by atoms with Crippen LogP contribution in [0.25, 0.3) is 0 Å². The minimum atomic E-state index is -4.59. The molecule has 1 N–H and O–H groups in total. The van der Waals surface area contributed by atoms with Gasteiger partial charge in [0.2, 0.25) is 0 Å². The Bertz CT molecular complexity index is 814. The topological polar surface area (TPSA) is 53.4 Å². The first kappa shape index (κ1) is 19.6. The Morgan fingerprint density at radius 3 is 2.52 bits per heavy atom. The monoisotopic (exact) mass is 398 g/mol. The summed E-state index contributed by atoms with van der Waals surface area (Å²) in [4.78, 5) is 17.5. The lowest BCUT2D eigenvalue weighted by atomic mass is 9.91. The fraction of sp³-hybridized carbons (Fsp3) is 0.368. The van der Waals surface area contributed by atoms with E-state index in [0.717, 1.165) is 18.9 Å². The second-order valence-corrected chi connectivity index (χ2v) is 6.91. The van der Waals surface area contributed by atoms with Crippen LogP contribution in [0.4, 0.5) is 13.2 Å². The van der Waals surface area contributed by atoms with Crippen LogP contribution >= 0.6 is 11.6 Å². The van der Waals surface area contributed by atoms with Crippen LogP contribution in [0.5, 0.6) is 0 Å². The molecule has 1 saturated heterocycles. The van der Waals surface area contributed by atoms with E-state index in [-0.39, 0.29) is 5.02 Å². The van der Waals surface area contributed by atoms with Gasteiger partial charge in [-0.25, -0.2) is 0 Å². The smallest absolute Gasteiger partial charge is 0.417 e. The van der Waals surface area contributed by atoms with Crippen LogP contribution in [0.15, 0.2) is 42.7 Å². The maximum Gasteiger partial charge on any atom is 0.417 e. The molecule has 3 rings (SSSR count). The van der Waals surface area contributed by atoms with Gasteiger partial charge >= 0.3 is 12.1 Å². The second-order valence-electron chi connectivity index (χ2n) is 6.51. The van der Waals surface area contributed by atoms with Gasteiger partial charge in [0, 0.05) is 12.4 Å². The molecule has 8 heteroatoms. The van der Waals surface area contributed by atoms with Gasteiger partial charge in [-0.05, 0) is 54.8 Å². The molecule has 4 nitrogen and oxygen atoms in total. The minimum absolute atomic E-state index is 0.353. The Labute approximate surface area is 159 Å². The van der Waals surface area contributed by atoms with Gasteiger partial charge in [0.25, 0.3) is 0 Å². The van der Waals surface area contributed by atoms with Crippen molar-refractivity contribution in [2.75, 3.05) is 6.54 Å². The van der Waals surface area contributed by atoms with Crippen LogP contribution in [-0.2, 0) is 11.0 Å². The number of benzene rings is 1. The zero-order chi connectivity index (χ0) is 19.6. The van der Waals surface area contributed by atoms with Crippen molar-refractivity contribution in [3.63, 3.8) is 0 Å². The molecule has 0 saturated carbocycles. The van der Waals surface area contributed by atoms with E-state index in [1.807, 2.05) is 0 Å². The Balaban J connectivity index is 2.13. The van der Waals surface area contributed by atoms with E-state index in [0.29, 0.717) is 24.1 Å². The molecule has 0 spiro atoms. The van der Waals surface area contributed by atoms with Crippen LogP contribution in [-0.4, -0.2) is 33.5 Å². The van der Waals surface area contributed by atoms with E-state index >= 15 is 0 Å². The number of carboxylic acid groups (broad SMARTS) is 1. The van der Waals surface area contributed by atoms with Gasteiger partial charge in [-0.2, -0.15) is 13.2 Å². The van der Waals surface area contributed by atoms with Gasteiger partial charge in [-0.15, -0.1) is 0 Å². The predicted molar refractivity (Wildman–Crippen MR) is 94.5 cm³/mol. The number of hydrogen-bond acceptors (Lipinski definition) is 3. The third-order valence-electron chi connectivity index (χ3n) is 4.79. The fourth-order valence-electron chi connectivity index (χ4n) is 3.58. The maximum atomic E-state index is 13.3. The summed E-state index contributed by atoms with van der Waals surface area (Å²) in [5.74, 6) is -0.973. The van der Waals surface area contributed by atoms with E-state index in [9.17, 15) is 23.1 Å². The molecule has 0 amide bonds. The fourth-order valence-corrected chi connectivity index (χ4v) is 3.80. The molecule has 144 valence electrons. The van der Waals surface area contributed by atoms with Crippen molar-refractivity contribution in [1.82, 2.24) is 9.88 Å². The summed E-state index contributed by atoms with van der Waals surface area (Å²) in [5.41, 5.74) is 0.115. The van der Waals surface area contributed by atoms with Gasteiger partial charge in [-0.1, -0.05) is 24.1 Å². The van der Waals surface area contributed by atoms with Crippen molar-refractivity contribution in [3.05, 3.63) is 64.4 Å². The van der Waals surface area contributed by atoms with Crippen molar-refractivity contribution in [2.24, 2.45) is 0 Å². The molecule has 1 aliphatic heterocycles. The highest BCUT2D eigenvalue weighted by molar-refractivity contribution is 6.31. The van der Waals surface area contributed by atoms with E-state index in [4.69, 9.17) is 11.6 Å². The number of aliphatic carboxylic acids is 1. The molecule has 1 aromatic carbocycles. The molecule has 27 heavy (non-hydrogen) atoms. The van der Waals surface area contributed by atoms with E-state index < -0.39 is 29.8 Å². The Morgan fingerprint density at radius 1 is 1.19 bits per heavy atom. The molecular formula is C19H18ClF3N2O2. The number of carboxylic acids is 1. The largest absolute Gasteiger partial charge is 0.480 e. The molecule has 0 bridgehead atoms. The van der Waals surface area contributed by atoms with E-state index in [1.165, 1.54) is 12.1 Å². The SMILES string of the molecule is O=C(O)C1CCCCN1C(c1ccncc1)c1ccc(Cl)c(C(F)(F)F)c1. The van der Waals surface area contributed by atoms with Gasteiger partial charge in [0.05, 0.1) is 16.6 Å². The van der Waals surface area contributed by atoms with E-state index in [2.05, 4.69) is 4.98 Å². The summed E-state index contributed by atoms with van der Waals surface area (Å²) < 4.78 is 40.0. The molecular weight excluding hydrogens is 381 g/mol. The van der Waals surface area contributed by atoms with Crippen molar-refractivity contribution in [3.8, 4) is 0 Å². The highest BCUT2D eigenvalue weighted by Gasteiger charge is 2.38. The van der Waals surface area contributed by atoms with Crippen molar-refractivity contribution in [2.45, 2.75) is 37.5 Å². The van der Waals surface area contributed by atoms with Gasteiger partial charge < -0.3 is 5.11 Å². The summed E-state index contributed by atoms with van der Waals surface area (Å²) in [6, 6.07) is 5.75. The average molecular weight is 399 g/mol. The van der Waals surface area contributed by atoms with Gasteiger partial charge in [0.1, 0.15) is 6.04 Å². The minimum Gasteiger partial charge on any atom is -0.480 e. The summed E-state index contributed by atoms with van der Waals surface area (Å²) in [7, 11) is 0. The standard InChI is InChI=1S/C19H18ClF3N2O2/c20-15-5-4-13(11-14(15)19(21,22)23)17(12-6-8-24-9-7-12)25-10-2-1-3-16(25)18(26)27/h4-9,11,16-17H,1-3,10H2,(H,26,27). The van der Waals surface area contributed by atoms with Crippen molar-refractivity contribution in [1.29, 1.82) is 0 Å². The van der Waals surface area contributed by atoms with Crippen LogP contribution in [0.1, 0.15) is 42.0 Å². The Hall–Kier alpha value is -2.12. The number of rotatable bonds is 4. The molecule has 1 aliphatic rings. The highest BCUT2D eigenvalue weighted by atomic mass is 35.5. The summed E-state index contributed by atoms with van der Waals surface area (Å²) in [6.45, 7) is 0.480. The zero-order valence-corrected chi connectivity index (χ0v) is 15.0. The highest BCUT2D eigenvalue weighted by Crippen LogP contribution is 2.40. The van der Waals surface area contributed by atoms with Crippen molar-refractivity contribution < 1.29 is 23.1 Å². The molecule has 2 heterocycles. The van der Waals surface area contributed by atoms with Crippen LogP contribution in [0.3, 0.4) is 0 Å². The number of likely N-dealkylation sites (tertiary alicyclic amines) is 1. The molecule has 2 aromatic rings. The van der Waals surface area contributed by atoms with Crippen LogP contribution < -0.4 is 0 Å². The number of alkyl halides is 3. The van der Waals surface area contributed by atoms with Gasteiger partial charge in [0.15, 0.2) is 0 Å². The third kappa shape index (κ3) is 4.25. The lowest BCUT2D eigenvalue weighted by molar-refractivity contribution is -0.145. The Kier molecular flexibility index (Phi) is 5.72. The summed E-state index contributed by atoms with van der Waals surface area (Å²) >= 11 is 5.76. The lowest BCUT2D eigenvalue weighted by Crippen LogP contribution is -2.46. The molecule has 1 aromatic heterocycles. The van der Waals surface area contributed by atoms with E-state index in [1.54, 1.807) is 29.4 Å². The first-order valence-electron chi connectivity index (χ1n) is 8.54. The molecule has 2 atom stereocenters. The first-order valence-corrected chi connectivity index (χ1v) is 8.92. The predicted octanol–water partition coefficient (Wildman–Crippen LogP) is 4.78. The third-order valence-corrected chi connectivity index (χ3v) is 5.12. The number of halogens is 4. The number of piperidine rings is 1. The lowest BCUT2D eigenvalue weighted by Gasteiger charge is -2.39. The molecule has 0 aliphatic carbocycles. The summed E-state index contributed by atoms with van der Waals surface area (Å²) in [5, 5.41) is 9.24. The van der Waals surface area contributed by atoms with Crippen LogP contribution in [0.2, 0.25) is 5.02 Å². The average Bonchev–Trinajstić information content (AvgIpc) is 2.63. The molecule has 1 fully saturated rings. The molecule has 2 unspecified atom stereocenters. The van der Waals surface area contributed by atoms with Crippen LogP contribution in [0, 0.1) is 0 Å². The quantitative estimate of drug-likeness (QED) is 0.805. The Morgan fingerprint density at radius 2 is 1.89 bits per heavy atom. The number of hydrogen-bond donors (Lipinski definition) is 1. The summed E-state index contributed by atoms with van der Waals surface area (Å²) in [6.07, 6.45) is 0.502.